The normalized spacial score (nSPS) is 32.4. The van der Waals surface area contributed by atoms with Crippen LogP contribution in [0.3, 0.4) is 0 Å². The minimum Gasteiger partial charge on any atom is -0.353 e. The maximum atomic E-state index is 11.9. The third-order valence-corrected chi connectivity index (χ3v) is 5.36. The molecule has 1 aliphatic heterocycles. The monoisotopic (exact) mass is 270 g/mol. The first-order chi connectivity index (χ1) is 8.78. The minimum absolute atomic E-state index is 0.272. The molecule has 18 heavy (non-hydrogen) atoms. The van der Waals surface area contributed by atoms with Gasteiger partial charge < -0.3 is 10.6 Å². The standard InChI is InChI=1S/C14H26N2OS/c1-18-13-4-2-3-12(9-13)16-14(17)6-5-11-7-8-15-10-11/h11-13,15H,2-10H2,1H3,(H,16,17). The van der Waals surface area contributed by atoms with Crippen molar-refractivity contribution in [1.29, 1.82) is 0 Å². The van der Waals surface area contributed by atoms with E-state index in [1.165, 1.54) is 25.7 Å². The van der Waals surface area contributed by atoms with Crippen molar-refractivity contribution in [2.24, 2.45) is 5.92 Å². The summed E-state index contributed by atoms with van der Waals surface area (Å²) < 4.78 is 0. The van der Waals surface area contributed by atoms with Crippen molar-refractivity contribution in [2.75, 3.05) is 19.3 Å². The van der Waals surface area contributed by atoms with Gasteiger partial charge in [0.1, 0.15) is 0 Å². The molecule has 3 nitrogen and oxygen atoms in total. The van der Waals surface area contributed by atoms with Gasteiger partial charge in [-0.1, -0.05) is 6.42 Å². The van der Waals surface area contributed by atoms with Crippen LogP contribution in [0.5, 0.6) is 0 Å². The second-order valence-electron chi connectivity index (χ2n) is 5.69. The summed E-state index contributed by atoms with van der Waals surface area (Å²) in [4.78, 5) is 11.9. The molecule has 2 rings (SSSR count). The molecule has 0 aromatic rings. The van der Waals surface area contributed by atoms with Crippen molar-refractivity contribution >= 4 is 17.7 Å². The number of thioether (sulfide) groups is 1. The zero-order chi connectivity index (χ0) is 12.8. The van der Waals surface area contributed by atoms with Gasteiger partial charge in [-0.15, -0.1) is 0 Å². The van der Waals surface area contributed by atoms with Crippen LogP contribution in [-0.2, 0) is 4.79 Å². The van der Waals surface area contributed by atoms with Crippen LogP contribution in [0.15, 0.2) is 0 Å². The van der Waals surface area contributed by atoms with Crippen molar-refractivity contribution in [3.05, 3.63) is 0 Å². The molecule has 1 heterocycles. The predicted molar refractivity (Wildman–Crippen MR) is 77.9 cm³/mol. The van der Waals surface area contributed by atoms with E-state index in [0.29, 0.717) is 12.5 Å². The first-order valence-electron chi connectivity index (χ1n) is 7.31. The number of carbonyl (C=O) groups excluding carboxylic acids is 1. The maximum Gasteiger partial charge on any atom is 0.220 e. The molecule has 0 spiro atoms. The Morgan fingerprint density at radius 3 is 3.00 bits per heavy atom. The van der Waals surface area contributed by atoms with E-state index in [9.17, 15) is 4.79 Å². The predicted octanol–water partition coefficient (Wildman–Crippen LogP) is 2.17. The molecule has 3 unspecified atom stereocenters. The van der Waals surface area contributed by atoms with Gasteiger partial charge in [0, 0.05) is 17.7 Å². The van der Waals surface area contributed by atoms with E-state index >= 15 is 0 Å². The number of hydrogen-bond acceptors (Lipinski definition) is 3. The Balaban J connectivity index is 1.63. The van der Waals surface area contributed by atoms with E-state index in [0.717, 1.165) is 37.1 Å². The van der Waals surface area contributed by atoms with Crippen molar-refractivity contribution in [3.63, 3.8) is 0 Å². The van der Waals surface area contributed by atoms with Crippen LogP contribution < -0.4 is 10.6 Å². The number of rotatable bonds is 5. The Morgan fingerprint density at radius 1 is 1.39 bits per heavy atom. The molecule has 2 fully saturated rings. The lowest BCUT2D eigenvalue weighted by atomic mass is 9.94. The third kappa shape index (κ3) is 4.47. The molecule has 2 aliphatic rings. The lowest BCUT2D eigenvalue weighted by molar-refractivity contribution is -0.122. The molecule has 3 atom stereocenters. The maximum absolute atomic E-state index is 11.9. The number of hydrogen-bond donors (Lipinski definition) is 2. The quantitative estimate of drug-likeness (QED) is 0.804. The molecular weight excluding hydrogens is 244 g/mol. The van der Waals surface area contributed by atoms with Gasteiger partial charge in [-0.3, -0.25) is 4.79 Å². The van der Waals surface area contributed by atoms with Gasteiger partial charge in [0.25, 0.3) is 0 Å². The number of carbonyl (C=O) groups is 1. The summed E-state index contributed by atoms with van der Waals surface area (Å²) in [5, 5.41) is 7.34. The zero-order valence-electron chi connectivity index (χ0n) is 11.4. The van der Waals surface area contributed by atoms with Gasteiger partial charge in [-0.2, -0.15) is 11.8 Å². The summed E-state index contributed by atoms with van der Waals surface area (Å²) in [6.07, 6.45) is 10.1. The van der Waals surface area contributed by atoms with E-state index in [1.807, 2.05) is 11.8 Å². The highest BCUT2D eigenvalue weighted by Crippen LogP contribution is 2.27. The van der Waals surface area contributed by atoms with E-state index < -0.39 is 0 Å². The number of nitrogens with one attached hydrogen (secondary N) is 2. The van der Waals surface area contributed by atoms with E-state index in [2.05, 4.69) is 16.9 Å². The molecule has 0 bridgehead atoms. The lowest BCUT2D eigenvalue weighted by Gasteiger charge is -2.28. The van der Waals surface area contributed by atoms with Gasteiger partial charge in [0.2, 0.25) is 5.91 Å². The average molecular weight is 270 g/mol. The van der Waals surface area contributed by atoms with Crippen LogP contribution in [0.4, 0.5) is 0 Å². The smallest absolute Gasteiger partial charge is 0.220 e. The highest BCUT2D eigenvalue weighted by Gasteiger charge is 2.23. The van der Waals surface area contributed by atoms with Crippen molar-refractivity contribution in [3.8, 4) is 0 Å². The Kier molecular flexibility index (Phi) is 5.83. The van der Waals surface area contributed by atoms with Gasteiger partial charge in [-0.05, 0) is 57.4 Å². The second-order valence-corrected chi connectivity index (χ2v) is 6.82. The van der Waals surface area contributed by atoms with Crippen molar-refractivity contribution in [1.82, 2.24) is 10.6 Å². The average Bonchev–Trinajstić information content (AvgIpc) is 2.90. The fraction of sp³-hybridized carbons (Fsp3) is 0.929. The van der Waals surface area contributed by atoms with Crippen LogP contribution in [0.1, 0.15) is 44.9 Å². The molecule has 1 aliphatic carbocycles. The van der Waals surface area contributed by atoms with Crippen LogP contribution in [0.2, 0.25) is 0 Å². The third-order valence-electron chi connectivity index (χ3n) is 4.27. The molecular formula is C14H26N2OS. The summed E-state index contributed by atoms with van der Waals surface area (Å²) in [5.41, 5.74) is 0. The first-order valence-corrected chi connectivity index (χ1v) is 8.59. The summed E-state index contributed by atoms with van der Waals surface area (Å²) in [6.45, 7) is 2.23. The Bertz CT molecular complexity index is 267. The Morgan fingerprint density at radius 2 is 2.28 bits per heavy atom. The highest BCUT2D eigenvalue weighted by atomic mass is 32.2. The summed E-state index contributed by atoms with van der Waals surface area (Å²) in [6, 6.07) is 0.436. The lowest BCUT2D eigenvalue weighted by Crippen LogP contribution is -2.39. The van der Waals surface area contributed by atoms with Crippen molar-refractivity contribution < 1.29 is 4.79 Å². The fourth-order valence-electron chi connectivity index (χ4n) is 3.09. The SMILES string of the molecule is CSC1CCCC(NC(=O)CCC2CCNC2)C1. The van der Waals surface area contributed by atoms with Crippen LogP contribution in [-0.4, -0.2) is 36.5 Å². The molecule has 1 amide bonds. The van der Waals surface area contributed by atoms with Gasteiger partial charge in [0.15, 0.2) is 0 Å². The summed E-state index contributed by atoms with van der Waals surface area (Å²) >= 11 is 1.95. The zero-order valence-corrected chi connectivity index (χ0v) is 12.2. The molecule has 0 aromatic carbocycles. The van der Waals surface area contributed by atoms with E-state index in [1.54, 1.807) is 0 Å². The van der Waals surface area contributed by atoms with Crippen LogP contribution in [0.25, 0.3) is 0 Å². The van der Waals surface area contributed by atoms with Gasteiger partial charge >= 0.3 is 0 Å². The minimum atomic E-state index is 0.272. The van der Waals surface area contributed by atoms with Crippen LogP contribution >= 0.6 is 11.8 Å². The van der Waals surface area contributed by atoms with E-state index in [4.69, 9.17) is 0 Å². The molecule has 4 heteroatoms. The molecule has 104 valence electrons. The molecule has 0 aromatic heterocycles. The molecule has 0 radical (unpaired) electrons. The highest BCUT2D eigenvalue weighted by molar-refractivity contribution is 7.99. The van der Waals surface area contributed by atoms with Crippen LogP contribution in [0, 0.1) is 5.92 Å². The largest absolute Gasteiger partial charge is 0.353 e. The van der Waals surface area contributed by atoms with Crippen molar-refractivity contribution in [2.45, 2.75) is 56.2 Å². The topological polar surface area (TPSA) is 41.1 Å². The summed E-state index contributed by atoms with van der Waals surface area (Å²) in [5.74, 6) is 0.995. The second kappa shape index (κ2) is 7.39. The fourth-order valence-corrected chi connectivity index (χ4v) is 3.91. The molecule has 1 saturated carbocycles. The summed E-state index contributed by atoms with van der Waals surface area (Å²) in [7, 11) is 0. The molecule has 2 N–H and O–H groups in total. The van der Waals surface area contributed by atoms with E-state index in [-0.39, 0.29) is 5.91 Å². The Hall–Kier alpha value is -0.220. The Labute approximate surface area is 115 Å². The molecule has 1 saturated heterocycles. The van der Waals surface area contributed by atoms with Gasteiger partial charge in [0.05, 0.1) is 0 Å². The van der Waals surface area contributed by atoms with Gasteiger partial charge in [-0.25, -0.2) is 0 Å². The number of amides is 1. The first kappa shape index (κ1) is 14.2.